The third kappa shape index (κ3) is 7.73. The van der Waals surface area contributed by atoms with Crippen LogP contribution in [-0.2, 0) is 0 Å². The third-order valence-corrected chi connectivity index (χ3v) is 2.13. The van der Waals surface area contributed by atoms with Gasteiger partial charge >= 0.3 is 0 Å². The van der Waals surface area contributed by atoms with E-state index in [0.29, 0.717) is 0 Å². The molecule has 12 heavy (non-hydrogen) atoms. The average molecular weight is 171 g/mol. The van der Waals surface area contributed by atoms with Crippen molar-refractivity contribution in [3.05, 3.63) is 0 Å². The SMILES string of the molecule is CCCCC(C)C[NH2+]CCC=N. The highest BCUT2D eigenvalue weighted by Crippen LogP contribution is 2.04. The lowest BCUT2D eigenvalue weighted by atomic mass is 10.0. The lowest BCUT2D eigenvalue weighted by Crippen LogP contribution is -2.85. The fraction of sp³-hybridized carbons (Fsp3) is 0.900. The van der Waals surface area contributed by atoms with E-state index in [1.54, 1.807) is 0 Å². The zero-order valence-electron chi connectivity index (χ0n) is 8.47. The van der Waals surface area contributed by atoms with Gasteiger partial charge in [0.25, 0.3) is 0 Å². The van der Waals surface area contributed by atoms with Crippen molar-refractivity contribution in [2.45, 2.75) is 39.5 Å². The second-order valence-electron chi connectivity index (χ2n) is 3.55. The number of nitrogens with one attached hydrogen (secondary N) is 1. The first-order valence-electron chi connectivity index (χ1n) is 5.11. The van der Waals surface area contributed by atoms with Crippen LogP contribution >= 0.6 is 0 Å². The zero-order valence-corrected chi connectivity index (χ0v) is 8.47. The summed E-state index contributed by atoms with van der Waals surface area (Å²) >= 11 is 0. The number of quaternary nitrogens is 1. The van der Waals surface area contributed by atoms with Crippen LogP contribution in [0.15, 0.2) is 0 Å². The van der Waals surface area contributed by atoms with E-state index in [4.69, 9.17) is 5.41 Å². The molecule has 2 heteroatoms. The first-order chi connectivity index (χ1) is 5.81. The Morgan fingerprint density at radius 1 is 1.50 bits per heavy atom. The third-order valence-electron chi connectivity index (χ3n) is 2.13. The Balaban J connectivity index is 3.07. The van der Waals surface area contributed by atoms with Crippen LogP contribution in [0.2, 0.25) is 0 Å². The summed E-state index contributed by atoms with van der Waals surface area (Å²) in [6, 6.07) is 0. The molecule has 3 N–H and O–H groups in total. The largest absolute Gasteiger partial charge is 0.346 e. The molecule has 0 bridgehead atoms. The van der Waals surface area contributed by atoms with E-state index in [1.165, 1.54) is 32.0 Å². The Hall–Kier alpha value is -0.370. The topological polar surface area (TPSA) is 40.5 Å². The van der Waals surface area contributed by atoms with Crippen LogP contribution in [0.1, 0.15) is 39.5 Å². The van der Waals surface area contributed by atoms with Crippen LogP contribution in [0.5, 0.6) is 0 Å². The van der Waals surface area contributed by atoms with Gasteiger partial charge in [-0.05, 0) is 6.42 Å². The van der Waals surface area contributed by atoms with Crippen LogP contribution < -0.4 is 5.32 Å². The molecule has 72 valence electrons. The van der Waals surface area contributed by atoms with E-state index >= 15 is 0 Å². The summed E-state index contributed by atoms with van der Waals surface area (Å²) < 4.78 is 0. The van der Waals surface area contributed by atoms with Gasteiger partial charge in [0, 0.05) is 18.6 Å². The summed E-state index contributed by atoms with van der Waals surface area (Å²) in [7, 11) is 0. The van der Waals surface area contributed by atoms with E-state index in [0.717, 1.165) is 18.9 Å². The quantitative estimate of drug-likeness (QED) is 0.409. The summed E-state index contributed by atoms with van der Waals surface area (Å²) in [5, 5.41) is 9.18. The van der Waals surface area contributed by atoms with Crippen molar-refractivity contribution < 1.29 is 5.32 Å². The fourth-order valence-corrected chi connectivity index (χ4v) is 1.27. The standard InChI is InChI=1S/C10H22N2/c1-3-4-6-10(2)9-12-8-5-7-11/h7,10-12H,3-6,8-9H2,1-2H3/p+1. The Morgan fingerprint density at radius 3 is 2.83 bits per heavy atom. The van der Waals surface area contributed by atoms with Crippen molar-refractivity contribution in [3.63, 3.8) is 0 Å². The molecule has 0 saturated carbocycles. The molecule has 0 fully saturated rings. The maximum absolute atomic E-state index is 6.85. The smallest absolute Gasteiger partial charge is 0.0805 e. The van der Waals surface area contributed by atoms with Gasteiger partial charge < -0.3 is 10.7 Å². The van der Waals surface area contributed by atoms with Gasteiger partial charge in [-0.15, -0.1) is 0 Å². The average Bonchev–Trinajstić information content (AvgIpc) is 2.09. The number of hydrogen-bond acceptors (Lipinski definition) is 1. The predicted molar refractivity (Wildman–Crippen MR) is 53.7 cm³/mol. The van der Waals surface area contributed by atoms with Gasteiger partial charge in [0.05, 0.1) is 13.1 Å². The first kappa shape index (κ1) is 11.6. The Morgan fingerprint density at radius 2 is 2.25 bits per heavy atom. The Kier molecular flexibility index (Phi) is 8.46. The van der Waals surface area contributed by atoms with E-state index < -0.39 is 0 Å². The molecule has 0 spiro atoms. The van der Waals surface area contributed by atoms with E-state index in [2.05, 4.69) is 19.2 Å². The van der Waals surface area contributed by atoms with Crippen LogP contribution in [0.4, 0.5) is 0 Å². The van der Waals surface area contributed by atoms with Crippen molar-refractivity contribution in [1.82, 2.24) is 0 Å². The highest BCUT2D eigenvalue weighted by Gasteiger charge is 2.01. The molecule has 0 heterocycles. The van der Waals surface area contributed by atoms with Crippen LogP contribution in [0, 0.1) is 11.3 Å². The maximum atomic E-state index is 6.85. The number of rotatable bonds is 8. The molecule has 0 aliphatic heterocycles. The first-order valence-corrected chi connectivity index (χ1v) is 5.11. The molecular formula is C10H23N2+. The molecule has 0 aromatic heterocycles. The van der Waals surface area contributed by atoms with Gasteiger partial charge in [0.1, 0.15) is 0 Å². The van der Waals surface area contributed by atoms with Gasteiger partial charge in [-0.1, -0.05) is 26.7 Å². The van der Waals surface area contributed by atoms with E-state index in [1.807, 2.05) is 0 Å². The van der Waals surface area contributed by atoms with Crippen molar-refractivity contribution in [2.24, 2.45) is 5.92 Å². The summed E-state index contributed by atoms with van der Waals surface area (Å²) in [4.78, 5) is 0. The van der Waals surface area contributed by atoms with Gasteiger partial charge in [-0.2, -0.15) is 0 Å². The summed E-state index contributed by atoms with van der Waals surface area (Å²) in [5.41, 5.74) is 0. The summed E-state index contributed by atoms with van der Waals surface area (Å²) in [5.74, 6) is 0.843. The van der Waals surface area contributed by atoms with Gasteiger partial charge in [0.15, 0.2) is 0 Å². The minimum atomic E-state index is 0.843. The van der Waals surface area contributed by atoms with Gasteiger partial charge in [-0.3, -0.25) is 0 Å². The highest BCUT2D eigenvalue weighted by atomic mass is 14.8. The summed E-state index contributed by atoms with van der Waals surface area (Å²) in [6.45, 7) is 6.87. The second-order valence-corrected chi connectivity index (χ2v) is 3.55. The molecule has 0 radical (unpaired) electrons. The van der Waals surface area contributed by atoms with Crippen molar-refractivity contribution in [3.8, 4) is 0 Å². The van der Waals surface area contributed by atoms with Gasteiger partial charge in [-0.25, -0.2) is 0 Å². The zero-order chi connectivity index (χ0) is 9.23. The monoisotopic (exact) mass is 171 g/mol. The second kappa shape index (κ2) is 8.72. The van der Waals surface area contributed by atoms with Crippen LogP contribution in [0.25, 0.3) is 0 Å². The molecule has 1 atom stereocenters. The fourth-order valence-electron chi connectivity index (χ4n) is 1.27. The van der Waals surface area contributed by atoms with Crippen LogP contribution in [0.3, 0.4) is 0 Å². The minimum absolute atomic E-state index is 0.843. The molecule has 0 aliphatic carbocycles. The molecule has 0 amide bonds. The molecule has 0 saturated heterocycles. The molecule has 0 aromatic rings. The molecule has 0 aromatic carbocycles. The number of nitrogens with two attached hydrogens (primary N) is 1. The lowest BCUT2D eigenvalue weighted by Gasteiger charge is -2.08. The number of hydrogen-bond donors (Lipinski definition) is 2. The Bertz CT molecular complexity index is 102. The van der Waals surface area contributed by atoms with E-state index in [-0.39, 0.29) is 0 Å². The maximum Gasteiger partial charge on any atom is 0.0805 e. The minimum Gasteiger partial charge on any atom is -0.346 e. The molecule has 0 aliphatic rings. The predicted octanol–water partition coefficient (Wildman–Crippen LogP) is 1.42. The number of unbranched alkanes of at least 4 members (excludes halogenated alkanes) is 1. The van der Waals surface area contributed by atoms with Crippen LogP contribution in [-0.4, -0.2) is 19.3 Å². The summed E-state index contributed by atoms with van der Waals surface area (Å²) in [6.07, 6.45) is 6.44. The highest BCUT2D eigenvalue weighted by molar-refractivity contribution is 5.52. The van der Waals surface area contributed by atoms with Crippen molar-refractivity contribution in [2.75, 3.05) is 13.1 Å². The van der Waals surface area contributed by atoms with Crippen molar-refractivity contribution >= 4 is 6.21 Å². The normalized spacial score (nSPS) is 12.8. The molecular weight excluding hydrogens is 148 g/mol. The van der Waals surface area contributed by atoms with Crippen molar-refractivity contribution in [1.29, 1.82) is 5.41 Å². The lowest BCUT2D eigenvalue weighted by molar-refractivity contribution is -0.658. The molecule has 0 rings (SSSR count). The van der Waals surface area contributed by atoms with Gasteiger partial charge in [0.2, 0.25) is 0 Å². The molecule has 1 unspecified atom stereocenters. The van der Waals surface area contributed by atoms with E-state index in [9.17, 15) is 0 Å². The Labute approximate surface area is 76.3 Å². The molecule has 2 nitrogen and oxygen atoms in total.